The number of aromatic nitrogens is 1. The van der Waals surface area contributed by atoms with E-state index in [1.54, 1.807) is 17.3 Å². The second-order valence-corrected chi connectivity index (χ2v) is 5.45. The summed E-state index contributed by atoms with van der Waals surface area (Å²) in [6.07, 6.45) is 8.65. The van der Waals surface area contributed by atoms with Crippen molar-refractivity contribution in [1.82, 2.24) is 15.2 Å². The lowest BCUT2D eigenvalue weighted by Gasteiger charge is -2.23. The van der Waals surface area contributed by atoms with Gasteiger partial charge in [0, 0.05) is 31.5 Å². The van der Waals surface area contributed by atoms with Gasteiger partial charge in [-0.2, -0.15) is 5.26 Å². The van der Waals surface area contributed by atoms with E-state index in [0.717, 1.165) is 18.4 Å². The molecule has 0 bridgehead atoms. The number of rotatable bonds is 7. The van der Waals surface area contributed by atoms with Crippen LogP contribution in [-0.2, 0) is 11.3 Å². The molecule has 21 heavy (non-hydrogen) atoms. The predicted octanol–water partition coefficient (Wildman–Crippen LogP) is 1.86. The average Bonchev–Trinajstić information content (AvgIpc) is 3.03. The van der Waals surface area contributed by atoms with Crippen LogP contribution < -0.4 is 5.32 Å². The first-order chi connectivity index (χ1) is 10.3. The third-order valence-corrected chi connectivity index (χ3v) is 3.84. The summed E-state index contributed by atoms with van der Waals surface area (Å²) in [5.74, 6) is 0.0565. The van der Waals surface area contributed by atoms with Gasteiger partial charge in [-0.1, -0.05) is 18.9 Å². The van der Waals surface area contributed by atoms with Crippen molar-refractivity contribution in [3.8, 4) is 6.07 Å². The van der Waals surface area contributed by atoms with E-state index in [4.69, 9.17) is 5.26 Å². The van der Waals surface area contributed by atoms with E-state index in [9.17, 15) is 4.79 Å². The minimum Gasteiger partial charge on any atom is -0.336 e. The van der Waals surface area contributed by atoms with Gasteiger partial charge >= 0.3 is 0 Å². The molecule has 0 unspecified atom stereocenters. The number of nitrogens with zero attached hydrogens (tertiary/aromatic N) is 3. The van der Waals surface area contributed by atoms with Gasteiger partial charge in [0.2, 0.25) is 5.91 Å². The summed E-state index contributed by atoms with van der Waals surface area (Å²) < 4.78 is 0. The Kier molecular flexibility index (Phi) is 6.17. The molecule has 0 aliphatic heterocycles. The Bertz CT molecular complexity index is 477. The smallest absolute Gasteiger partial charge is 0.236 e. The van der Waals surface area contributed by atoms with E-state index in [1.165, 1.54) is 12.8 Å². The van der Waals surface area contributed by atoms with Crippen LogP contribution in [0.15, 0.2) is 24.5 Å². The molecule has 1 saturated carbocycles. The molecule has 0 radical (unpaired) electrons. The zero-order valence-corrected chi connectivity index (χ0v) is 12.3. The molecule has 2 rings (SSSR count). The molecule has 1 N–H and O–H groups in total. The largest absolute Gasteiger partial charge is 0.336 e. The van der Waals surface area contributed by atoms with Gasteiger partial charge < -0.3 is 10.2 Å². The lowest BCUT2D eigenvalue weighted by molar-refractivity contribution is -0.130. The van der Waals surface area contributed by atoms with E-state index in [-0.39, 0.29) is 5.91 Å². The van der Waals surface area contributed by atoms with E-state index in [1.807, 2.05) is 12.1 Å². The van der Waals surface area contributed by atoms with Gasteiger partial charge in [0.1, 0.15) is 0 Å². The van der Waals surface area contributed by atoms with Crippen molar-refractivity contribution < 1.29 is 4.79 Å². The Balaban J connectivity index is 1.87. The Labute approximate surface area is 126 Å². The minimum atomic E-state index is 0.0565. The Morgan fingerprint density at radius 1 is 1.48 bits per heavy atom. The molecule has 1 aromatic heterocycles. The summed E-state index contributed by atoms with van der Waals surface area (Å²) >= 11 is 0. The summed E-state index contributed by atoms with van der Waals surface area (Å²) in [5.41, 5.74) is 0.990. The molecule has 1 aliphatic rings. The maximum atomic E-state index is 12.3. The van der Waals surface area contributed by atoms with Gasteiger partial charge in [-0.25, -0.2) is 0 Å². The number of nitriles is 1. The summed E-state index contributed by atoms with van der Waals surface area (Å²) in [7, 11) is 0. The van der Waals surface area contributed by atoms with E-state index >= 15 is 0 Å². The Morgan fingerprint density at radius 3 is 2.95 bits per heavy atom. The summed E-state index contributed by atoms with van der Waals surface area (Å²) in [4.78, 5) is 18.1. The van der Waals surface area contributed by atoms with Gasteiger partial charge in [0.05, 0.1) is 19.0 Å². The fraction of sp³-hybridized carbons (Fsp3) is 0.562. The molecule has 1 amide bonds. The second-order valence-electron chi connectivity index (χ2n) is 5.45. The summed E-state index contributed by atoms with van der Waals surface area (Å²) in [5, 5.41) is 12.1. The lowest BCUT2D eigenvalue weighted by Crippen LogP contribution is -2.41. The quantitative estimate of drug-likeness (QED) is 0.830. The highest BCUT2D eigenvalue weighted by Crippen LogP contribution is 2.17. The number of pyridine rings is 1. The molecule has 5 heteroatoms. The topological polar surface area (TPSA) is 69.0 Å². The molecule has 0 saturated heterocycles. The monoisotopic (exact) mass is 286 g/mol. The fourth-order valence-corrected chi connectivity index (χ4v) is 2.66. The second kappa shape index (κ2) is 8.38. The van der Waals surface area contributed by atoms with Crippen LogP contribution in [-0.4, -0.2) is 34.9 Å². The molecule has 1 fully saturated rings. The molecule has 5 nitrogen and oxygen atoms in total. The van der Waals surface area contributed by atoms with E-state index in [2.05, 4.69) is 16.4 Å². The molecular formula is C16H22N4O. The third kappa shape index (κ3) is 5.16. The van der Waals surface area contributed by atoms with Crippen molar-refractivity contribution in [3.63, 3.8) is 0 Å². The van der Waals surface area contributed by atoms with Gasteiger partial charge in [0.25, 0.3) is 0 Å². The van der Waals surface area contributed by atoms with Gasteiger partial charge in [-0.15, -0.1) is 0 Å². The van der Waals surface area contributed by atoms with E-state index < -0.39 is 0 Å². The van der Waals surface area contributed by atoms with Crippen LogP contribution in [0.5, 0.6) is 0 Å². The lowest BCUT2D eigenvalue weighted by atomic mass is 10.2. The van der Waals surface area contributed by atoms with Crippen LogP contribution in [0.4, 0.5) is 0 Å². The van der Waals surface area contributed by atoms with Crippen LogP contribution in [0.25, 0.3) is 0 Å². The van der Waals surface area contributed by atoms with Crippen LogP contribution in [0.3, 0.4) is 0 Å². The summed E-state index contributed by atoms with van der Waals surface area (Å²) in [6.45, 7) is 1.34. The number of carbonyl (C=O) groups is 1. The van der Waals surface area contributed by atoms with Crippen LogP contribution in [0, 0.1) is 11.3 Å². The highest BCUT2D eigenvalue weighted by atomic mass is 16.2. The highest BCUT2D eigenvalue weighted by Gasteiger charge is 2.18. The maximum absolute atomic E-state index is 12.3. The molecule has 112 valence electrons. The van der Waals surface area contributed by atoms with Crippen molar-refractivity contribution >= 4 is 5.91 Å². The van der Waals surface area contributed by atoms with Gasteiger partial charge in [-0.3, -0.25) is 9.78 Å². The van der Waals surface area contributed by atoms with Crippen molar-refractivity contribution in [1.29, 1.82) is 5.26 Å². The fourth-order valence-electron chi connectivity index (χ4n) is 2.66. The van der Waals surface area contributed by atoms with Crippen molar-refractivity contribution in [3.05, 3.63) is 30.1 Å². The average molecular weight is 286 g/mol. The van der Waals surface area contributed by atoms with E-state index in [0.29, 0.717) is 32.1 Å². The highest BCUT2D eigenvalue weighted by molar-refractivity contribution is 5.78. The van der Waals surface area contributed by atoms with Crippen LogP contribution in [0.1, 0.15) is 37.7 Å². The molecule has 0 spiro atoms. The first-order valence-corrected chi connectivity index (χ1v) is 7.56. The van der Waals surface area contributed by atoms with Gasteiger partial charge in [0.15, 0.2) is 0 Å². The van der Waals surface area contributed by atoms with Crippen LogP contribution in [0.2, 0.25) is 0 Å². The molecule has 1 aromatic rings. The zero-order valence-electron chi connectivity index (χ0n) is 12.3. The normalized spacial score (nSPS) is 14.8. The zero-order chi connectivity index (χ0) is 14.9. The van der Waals surface area contributed by atoms with Crippen LogP contribution >= 0.6 is 0 Å². The molecule has 0 atom stereocenters. The number of carbonyl (C=O) groups excluding carboxylic acids is 1. The number of hydrogen-bond donors (Lipinski definition) is 1. The predicted molar refractivity (Wildman–Crippen MR) is 80.1 cm³/mol. The minimum absolute atomic E-state index is 0.0565. The number of hydrogen-bond acceptors (Lipinski definition) is 4. The third-order valence-electron chi connectivity index (χ3n) is 3.84. The molecule has 1 aliphatic carbocycles. The first-order valence-electron chi connectivity index (χ1n) is 7.56. The van der Waals surface area contributed by atoms with Crippen molar-refractivity contribution in [2.75, 3.05) is 13.1 Å². The maximum Gasteiger partial charge on any atom is 0.236 e. The Morgan fingerprint density at radius 2 is 2.29 bits per heavy atom. The number of amides is 1. The molecular weight excluding hydrogens is 264 g/mol. The first kappa shape index (κ1) is 15.5. The standard InChI is InChI=1S/C16H22N4O/c17-8-4-10-20(13-14-5-3-9-18-11-14)16(21)12-19-15-6-1-2-7-15/h3,5,9,11,15,19H,1-2,4,6-7,10,12-13H2. The summed E-state index contributed by atoms with van der Waals surface area (Å²) in [6, 6.07) is 6.39. The number of nitrogens with one attached hydrogen (secondary N) is 1. The Hall–Kier alpha value is -1.93. The SMILES string of the molecule is N#CCCN(Cc1cccnc1)C(=O)CNC1CCCC1. The molecule has 1 heterocycles. The van der Waals surface area contributed by atoms with Crippen molar-refractivity contribution in [2.24, 2.45) is 0 Å². The molecule has 0 aromatic carbocycles. The van der Waals surface area contributed by atoms with Crippen molar-refractivity contribution in [2.45, 2.75) is 44.7 Å². The van der Waals surface area contributed by atoms with Gasteiger partial charge in [-0.05, 0) is 24.5 Å².